The van der Waals surface area contributed by atoms with E-state index in [0.717, 1.165) is 4.47 Å². The Balaban J connectivity index is 2.45. The molecule has 0 aliphatic rings. The fourth-order valence-electron chi connectivity index (χ4n) is 1.85. The molecule has 0 bridgehead atoms. The molecule has 1 aromatic heterocycles. The van der Waals surface area contributed by atoms with Gasteiger partial charge in [0.2, 0.25) is 0 Å². The Labute approximate surface area is 128 Å². The molecule has 0 amide bonds. The normalized spacial score (nSPS) is 12.7. The minimum Gasteiger partial charge on any atom is -0.309 e. The lowest BCUT2D eigenvalue weighted by atomic mass is 10.0. The molecule has 1 heterocycles. The smallest absolute Gasteiger partial charge is 0.0593 e. The van der Waals surface area contributed by atoms with Crippen LogP contribution in [0.2, 0.25) is 0 Å². The first-order valence-electron chi connectivity index (χ1n) is 5.29. The van der Waals surface area contributed by atoms with Crippen LogP contribution in [0.15, 0.2) is 34.1 Å². The van der Waals surface area contributed by atoms with Gasteiger partial charge in [-0.15, -0.1) is 11.3 Å². The van der Waals surface area contributed by atoms with Gasteiger partial charge < -0.3 is 5.32 Å². The molecule has 4 heteroatoms. The largest absolute Gasteiger partial charge is 0.309 e. The summed E-state index contributed by atoms with van der Waals surface area (Å²) in [5.41, 5.74) is 2.66. The summed E-state index contributed by atoms with van der Waals surface area (Å²) in [4.78, 5) is 1.35. The fourth-order valence-corrected chi connectivity index (χ4v) is 3.61. The highest BCUT2D eigenvalue weighted by Gasteiger charge is 2.16. The Morgan fingerprint density at radius 2 is 2.12 bits per heavy atom. The highest BCUT2D eigenvalue weighted by molar-refractivity contribution is 14.1. The number of hydrogen-bond donors (Lipinski definition) is 1. The lowest BCUT2D eigenvalue weighted by Gasteiger charge is -2.17. The van der Waals surface area contributed by atoms with Gasteiger partial charge >= 0.3 is 0 Å². The summed E-state index contributed by atoms with van der Waals surface area (Å²) >= 11 is 7.73. The van der Waals surface area contributed by atoms with Crippen molar-refractivity contribution in [1.82, 2.24) is 5.32 Å². The van der Waals surface area contributed by atoms with E-state index in [1.807, 2.05) is 7.05 Å². The van der Waals surface area contributed by atoms with Crippen molar-refractivity contribution in [2.24, 2.45) is 0 Å². The van der Waals surface area contributed by atoms with Crippen molar-refractivity contribution < 1.29 is 0 Å². The minimum atomic E-state index is 0.268. The Bertz CT molecular complexity index is 524. The van der Waals surface area contributed by atoms with Gasteiger partial charge in [0.1, 0.15) is 0 Å². The average Bonchev–Trinajstić information content (AvgIpc) is 2.71. The van der Waals surface area contributed by atoms with E-state index in [0.29, 0.717) is 0 Å². The molecule has 0 aliphatic carbocycles. The van der Waals surface area contributed by atoms with E-state index in [9.17, 15) is 0 Å². The number of hydrogen-bond acceptors (Lipinski definition) is 2. The molecule has 17 heavy (non-hydrogen) atoms. The molecule has 0 saturated heterocycles. The first kappa shape index (κ1) is 13.5. The summed E-state index contributed by atoms with van der Waals surface area (Å²) in [5.74, 6) is 0. The molecule has 0 saturated carbocycles. The topological polar surface area (TPSA) is 12.0 Å². The summed E-state index contributed by atoms with van der Waals surface area (Å²) < 4.78 is 2.41. The summed E-state index contributed by atoms with van der Waals surface area (Å²) in [6.07, 6.45) is 0. The number of benzene rings is 1. The molecule has 2 aromatic rings. The summed E-state index contributed by atoms with van der Waals surface area (Å²) in [5, 5.41) is 5.63. The predicted molar refractivity (Wildman–Crippen MR) is 86.8 cm³/mol. The molecular formula is C13H13BrINS. The Morgan fingerprint density at radius 3 is 2.71 bits per heavy atom. The lowest BCUT2D eigenvalue weighted by molar-refractivity contribution is 0.690. The molecule has 1 aromatic carbocycles. The molecule has 2 rings (SSSR count). The Morgan fingerprint density at radius 1 is 1.35 bits per heavy atom. The van der Waals surface area contributed by atoms with Gasteiger partial charge in [-0.3, -0.25) is 0 Å². The zero-order valence-corrected chi connectivity index (χ0v) is 14.2. The van der Waals surface area contributed by atoms with Gasteiger partial charge in [-0.2, -0.15) is 0 Å². The number of nitrogens with one attached hydrogen (secondary N) is 1. The summed E-state index contributed by atoms with van der Waals surface area (Å²) in [6.45, 7) is 2.15. The van der Waals surface area contributed by atoms with Gasteiger partial charge in [0.15, 0.2) is 0 Å². The third-order valence-electron chi connectivity index (χ3n) is 2.64. The lowest BCUT2D eigenvalue weighted by Crippen LogP contribution is -2.18. The molecule has 0 radical (unpaired) electrons. The molecule has 1 unspecified atom stereocenters. The molecule has 0 spiro atoms. The highest BCUT2D eigenvalue weighted by Crippen LogP contribution is 2.30. The number of thiophene rings is 1. The predicted octanol–water partition coefficient (Wildman–Crippen LogP) is 4.73. The van der Waals surface area contributed by atoms with Crippen molar-refractivity contribution >= 4 is 49.9 Å². The van der Waals surface area contributed by atoms with Crippen molar-refractivity contribution in [3.05, 3.63) is 53.7 Å². The maximum absolute atomic E-state index is 3.54. The second-order valence-corrected chi connectivity index (χ2v) is 7.07. The second-order valence-electron chi connectivity index (χ2n) is 3.88. The van der Waals surface area contributed by atoms with Gasteiger partial charge in [-0.1, -0.05) is 15.9 Å². The van der Waals surface area contributed by atoms with E-state index in [2.05, 4.69) is 80.4 Å². The first-order chi connectivity index (χ1) is 8.11. The molecular weight excluding hydrogens is 409 g/mol. The number of rotatable bonds is 3. The molecule has 1 nitrogen and oxygen atoms in total. The number of halogens is 2. The standard InChI is InChI=1S/C13H13BrINS/c1-8-5-9(7-17-8)13(16-2)11-6-10(14)3-4-12(11)15/h3-7,13,16H,1-2H3. The van der Waals surface area contributed by atoms with Crippen molar-refractivity contribution in [2.75, 3.05) is 7.05 Å². The van der Waals surface area contributed by atoms with E-state index < -0.39 is 0 Å². The van der Waals surface area contributed by atoms with Crippen LogP contribution in [-0.2, 0) is 0 Å². The van der Waals surface area contributed by atoms with E-state index >= 15 is 0 Å². The molecule has 0 aliphatic heterocycles. The third kappa shape index (κ3) is 3.10. The van der Waals surface area contributed by atoms with E-state index in [-0.39, 0.29) is 6.04 Å². The van der Waals surface area contributed by atoms with Crippen molar-refractivity contribution in [1.29, 1.82) is 0 Å². The van der Waals surface area contributed by atoms with Crippen LogP contribution in [0.4, 0.5) is 0 Å². The van der Waals surface area contributed by atoms with Crippen LogP contribution in [0.25, 0.3) is 0 Å². The van der Waals surface area contributed by atoms with Crippen molar-refractivity contribution in [3.63, 3.8) is 0 Å². The third-order valence-corrected chi connectivity index (χ3v) is 5.00. The van der Waals surface area contributed by atoms with Crippen LogP contribution in [0, 0.1) is 10.5 Å². The van der Waals surface area contributed by atoms with Crippen LogP contribution in [0.5, 0.6) is 0 Å². The maximum atomic E-state index is 3.54. The van der Waals surface area contributed by atoms with E-state index in [4.69, 9.17) is 0 Å². The van der Waals surface area contributed by atoms with Crippen molar-refractivity contribution in [3.8, 4) is 0 Å². The highest BCUT2D eigenvalue weighted by atomic mass is 127. The van der Waals surface area contributed by atoms with Crippen LogP contribution in [0.1, 0.15) is 22.0 Å². The monoisotopic (exact) mass is 421 g/mol. The average molecular weight is 422 g/mol. The maximum Gasteiger partial charge on any atom is 0.0593 e. The molecule has 0 fully saturated rings. The Hall–Kier alpha value is 0.0900. The van der Waals surface area contributed by atoms with Crippen LogP contribution >= 0.6 is 49.9 Å². The second kappa shape index (κ2) is 5.82. The summed E-state index contributed by atoms with van der Waals surface area (Å²) in [7, 11) is 2.01. The van der Waals surface area contributed by atoms with Gasteiger partial charge in [0.05, 0.1) is 6.04 Å². The SMILES string of the molecule is CNC(c1csc(C)c1)c1cc(Br)ccc1I. The van der Waals surface area contributed by atoms with Crippen LogP contribution in [-0.4, -0.2) is 7.05 Å². The number of aryl methyl sites for hydroxylation is 1. The van der Waals surface area contributed by atoms with Gasteiger partial charge in [0, 0.05) is 12.9 Å². The van der Waals surface area contributed by atoms with Crippen LogP contribution in [0.3, 0.4) is 0 Å². The quantitative estimate of drug-likeness (QED) is 0.706. The van der Waals surface area contributed by atoms with Gasteiger partial charge in [-0.25, -0.2) is 0 Å². The van der Waals surface area contributed by atoms with Gasteiger partial charge in [-0.05, 0) is 77.3 Å². The van der Waals surface area contributed by atoms with Crippen LogP contribution < -0.4 is 5.32 Å². The summed E-state index contributed by atoms with van der Waals surface area (Å²) in [6, 6.07) is 8.93. The Kier molecular flexibility index (Phi) is 4.63. The zero-order valence-electron chi connectivity index (χ0n) is 9.63. The zero-order chi connectivity index (χ0) is 12.4. The van der Waals surface area contributed by atoms with Crippen molar-refractivity contribution in [2.45, 2.75) is 13.0 Å². The molecule has 90 valence electrons. The van der Waals surface area contributed by atoms with Gasteiger partial charge in [0.25, 0.3) is 0 Å². The minimum absolute atomic E-state index is 0.268. The molecule has 1 N–H and O–H groups in total. The van der Waals surface area contributed by atoms with E-state index in [1.54, 1.807) is 11.3 Å². The van der Waals surface area contributed by atoms with E-state index in [1.165, 1.54) is 19.6 Å². The first-order valence-corrected chi connectivity index (χ1v) is 8.04. The fraction of sp³-hybridized carbons (Fsp3) is 0.231. The molecule has 1 atom stereocenters.